The lowest BCUT2D eigenvalue weighted by Gasteiger charge is -2.08. The van der Waals surface area contributed by atoms with Gasteiger partial charge in [-0.15, -0.1) is 0 Å². The average molecular weight is 234 g/mol. The van der Waals surface area contributed by atoms with Gasteiger partial charge < -0.3 is 10.6 Å². The molecule has 1 rings (SSSR count). The zero-order valence-electron chi connectivity index (χ0n) is 10.5. The largest absolute Gasteiger partial charge is 0.348 e. The van der Waals surface area contributed by atoms with Crippen LogP contribution in [0.25, 0.3) is 0 Å². The molecule has 0 aliphatic rings. The topological polar surface area (TPSA) is 58.2 Å². The fraction of sp³-hybridized carbons (Fsp3) is 0.385. The lowest BCUT2D eigenvalue weighted by Crippen LogP contribution is -2.35. The first-order valence-corrected chi connectivity index (χ1v) is 5.71. The highest BCUT2D eigenvalue weighted by Crippen LogP contribution is 2.15. The van der Waals surface area contributed by atoms with Crippen molar-refractivity contribution in [3.8, 4) is 0 Å². The van der Waals surface area contributed by atoms with Crippen molar-refractivity contribution in [1.29, 1.82) is 0 Å². The number of benzene rings is 1. The molecule has 0 unspecified atom stereocenters. The molecule has 1 aromatic rings. The number of rotatable bonds is 3. The number of nitrogens with one attached hydrogen (secondary N) is 2. The van der Waals surface area contributed by atoms with Gasteiger partial charge >= 0.3 is 11.8 Å². The standard InChI is InChI=1S/C13H18N2O2/c1-4-7-14-12(16)13(17)15-11-6-5-9(2)8-10(11)3/h5-6,8H,4,7H2,1-3H3,(H,14,16)(H,15,17). The summed E-state index contributed by atoms with van der Waals surface area (Å²) in [5.41, 5.74) is 2.74. The molecule has 2 N–H and O–H groups in total. The normalized spacial score (nSPS) is 9.82. The van der Waals surface area contributed by atoms with E-state index in [0.717, 1.165) is 17.5 Å². The maximum absolute atomic E-state index is 11.5. The summed E-state index contributed by atoms with van der Waals surface area (Å²) >= 11 is 0. The molecule has 0 atom stereocenters. The Hall–Kier alpha value is -1.84. The molecule has 0 fully saturated rings. The van der Waals surface area contributed by atoms with Crippen molar-refractivity contribution in [2.24, 2.45) is 0 Å². The molecule has 92 valence electrons. The maximum atomic E-state index is 11.5. The predicted molar refractivity (Wildman–Crippen MR) is 67.8 cm³/mol. The highest BCUT2D eigenvalue weighted by atomic mass is 16.2. The molecule has 0 aliphatic carbocycles. The van der Waals surface area contributed by atoms with E-state index in [4.69, 9.17) is 0 Å². The van der Waals surface area contributed by atoms with Gasteiger partial charge in [-0.05, 0) is 31.9 Å². The highest BCUT2D eigenvalue weighted by Gasteiger charge is 2.13. The van der Waals surface area contributed by atoms with Crippen LogP contribution in [0.3, 0.4) is 0 Å². The van der Waals surface area contributed by atoms with E-state index >= 15 is 0 Å². The Morgan fingerprint density at radius 3 is 2.47 bits per heavy atom. The monoisotopic (exact) mass is 234 g/mol. The van der Waals surface area contributed by atoms with Crippen LogP contribution in [0.1, 0.15) is 24.5 Å². The summed E-state index contributed by atoms with van der Waals surface area (Å²) in [6.07, 6.45) is 0.808. The van der Waals surface area contributed by atoms with E-state index in [1.54, 1.807) is 6.07 Å². The molecule has 1 aromatic carbocycles. The van der Waals surface area contributed by atoms with E-state index in [-0.39, 0.29) is 0 Å². The fourth-order valence-corrected chi connectivity index (χ4v) is 1.45. The number of amides is 2. The molecule has 0 radical (unpaired) electrons. The lowest BCUT2D eigenvalue weighted by molar-refractivity contribution is -0.136. The molecule has 0 bridgehead atoms. The van der Waals surface area contributed by atoms with Crippen molar-refractivity contribution in [3.05, 3.63) is 29.3 Å². The zero-order chi connectivity index (χ0) is 12.8. The molecule has 0 aromatic heterocycles. The van der Waals surface area contributed by atoms with Gasteiger partial charge in [0, 0.05) is 12.2 Å². The summed E-state index contributed by atoms with van der Waals surface area (Å²) in [6, 6.07) is 5.65. The van der Waals surface area contributed by atoms with Crippen LogP contribution in [-0.2, 0) is 9.59 Å². The second kappa shape index (κ2) is 6.03. The molecular weight excluding hydrogens is 216 g/mol. The minimum absolute atomic E-state index is 0.513. The first-order valence-electron chi connectivity index (χ1n) is 5.71. The summed E-state index contributed by atoms with van der Waals surface area (Å²) < 4.78 is 0. The van der Waals surface area contributed by atoms with Gasteiger partial charge in [0.2, 0.25) is 0 Å². The van der Waals surface area contributed by atoms with Crippen LogP contribution in [-0.4, -0.2) is 18.4 Å². The number of hydrogen-bond acceptors (Lipinski definition) is 2. The number of carbonyl (C=O) groups excluding carboxylic acids is 2. The Morgan fingerprint density at radius 2 is 1.88 bits per heavy atom. The van der Waals surface area contributed by atoms with Crippen molar-refractivity contribution in [2.45, 2.75) is 27.2 Å². The van der Waals surface area contributed by atoms with Gasteiger partial charge in [0.1, 0.15) is 0 Å². The van der Waals surface area contributed by atoms with Crippen LogP contribution in [0.4, 0.5) is 5.69 Å². The number of carbonyl (C=O) groups is 2. The third kappa shape index (κ3) is 3.90. The Labute approximate surface area is 101 Å². The van der Waals surface area contributed by atoms with Crippen LogP contribution < -0.4 is 10.6 Å². The molecule has 0 heterocycles. The Bertz CT molecular complexity index is 427. The van der Waals surface area contributed by atoms with E-state index < -0.39 is 11.8 Å². The van der Waals surface area contributed by atoms with Crippen LogP contribution >= 0.6 is 0 Å². The van der Waals surface area contributed by atoms with Crippen molar-refractivity contribution in [1.82, 2.24) is 5.32 Å². The molecule has 2 amide bonds. The van der Waals surface area contributed by atoms with Crippen LogP contribution in [0.5, 0.6) is 0 Å². The lowest BCUT2D eigenvalue weighted by atomic mass is 10.1. The molecule has 0 saturated carbocycles. The Kier molecular flexibility index (Phi) is 4.69. The third-order valence-electron chi connectivity index (χ3n) is 2.37. The summed E-state index contributed by atoms with van der Waals surface area (Å²) in [6.45, 7) is 6.32. The van der Waals surface area contributed by atoms with Gasteiger partial charge in [0.05, 0.1) is 0 Å². The fourth-order valence-electron chi connectivity index (χ4n) is 1.45. The van der Waals surface area contributed by atoms with Crippen LogP contribution in [0.15, 0.2) is 18.2 Å². The highest BCUT2D eigenvalue weighted by molar-refractivity contribution is 6.39. The first-order chi connectivity index (χ1) is 8.04. The van der Waals surface area contributed by atoms with Crippen molar-refractivity contribution >= 4 is 17.5 Å². The summed E-state index contributed by atoms with van der Waals surface area (Å²) in [5, 5.41) is 5.13. The summed E-state index contributed by atoms with van der Waals surface area (Å²) in [5.74, 6) is -1.21. The van der Waals surface area contributed by atoms with Crippen molar-refractivity contribution < 1.29 is 9.59 Å². The molecule has 4 nitrogen and oxygen atoms in total. The molecule has 0 saturated heterocycles. The van der Waals surface area contributed by atoms with Gasteiger partial charge in [0.25, 0.3) is 0 Å². The van der Waals surface area contributed by atoms with Gasteiger partial charge in [0.15, 0.2) is 0 Å². The summed E-state index contributed by atoms with van der Waals surface area (Å²) in [7, 11) is 0. The maximum Gasteiger partial charge on any atom is 0.313 e. The smallest absolute Gasteiger partial charge is 0.313 e. The number of hydrogen-bond donors (Lipinski definition) is 2. The molecule has 4 heteroatoms. The van der Waals surface area contributed by atoms with E-state index in [0.29, 0.717) is 12.2 Å². The van der Waals surface area contributed by atoms with Crippen molar-refractivity contribution in [2.75, 3.05) is 11.9 Å². The van der Waals surface area contributed by atoms with E-state index in [9.17, 15) is 9.59 Å². The van der Waals surface area contributed by atoms with E-state index in [2.05, 4.69) is 10.6 Å². The molecule has 0 aliphatic heterocycles. The van der Waals surface area contributed by atoms with Gasteiger partial charge in [-0.2, -0.15) is 0 Å². The average Bonchev–Trinajstić information content (AvgIpc) is 2.29. The second-order valence-corrected chi connectivity index (χ2v) is 4.03. The summed E-state index contributed by atoms with van der Waals surface area (Å²) in [4.78, 5) is 22.9. The van der Waals surface area contributed by atoms with Crippen LogP contribution in [0, 0.1) is 13.8 Å². The second-order valence-electron chi connectivity index (χ2n) is 4.03. The third-order valence-corrected chi connectivity index (χ3v) is 2.37. The molecular formula is C13H18N2O2. The van der Waals surface area contributed by atoms with Gasteiger partial charge in [-0.25, -0.2) is 0 Å². The zero-order valence-corrected chi connectivity index (χ0v) is 10.5. The number of aryl methyl sites for hydroxylation is 2. The Balaban J connectivity index is 2.64. The van der Waals surface area contributed by atoms with E-state index in [1.165, 1.54) is 0 Å². The minimum atomic E-state index is -0.620. The molecule has 0 spiro atoms. The van der Waals surface area contributed by atoms with Crippen LogP contribution in [0.2, 0.25) is 0 Å². The molecule has 17 heavy (non-hydrogen) atoms. The Morgan fingerprint density at radius 1 is 1.18 bits per heavy atom. The van der Waals surface area contributed by atoms with E-state index in [1.807, 2.05) is 32.9 Å². The predicted octanol–water partition coefficient (Wildman–Crippen LogP) is 1.77. The SMILES string of the molecule is CCCNC(=O)C(=O)Nc1ccc(C)cc1C. The van der Waals surface area contributed by atoms with Gasteiger partial charge in [-0.1, -0.05) is 24.6 Å². The number of anilines is 1. The van der Waals surface area contributed by atoms with Crippen molar-refractivity contribution in [3.63, 3.8) is 0 Å². The minimum Gasteiger partial charge on any atom is -0.348 e. The first kappa shape index (κ1) is 13.2. The quantitative estimate of drug-likeness (QED) is 0.783. The van der Waals surface area contributed by atoms with Gasteiger partial charge in [-0.3, -0.25) is 9.59 Å².